The van der Waals surface area contributed by atoms with Crippen LogP contribution in [-0.2, 0) is 4.74 Å². The number of benzene rings is 2. The molecule has 1 saturated heterocycles. The fourth-order valence-electron chi connectivity index (χ4n) is 3.20. The van der Waals surface area contributed by atoms with Crippen LogP contribution in [0.3, 0.4) is 0 Å². The van der Waals surface area contributed by atoms with E-state index in [-0.39, 0.29) is 5.91 Å². The van der Waals surface area contributed by atoms with Crippen LogP contribution in [0.25, 0.3) is 0 Å². The number of hydrogen-bond donors (Lipinski definition) is 0. The number of methoxy groups -OCH3 is 1. The number of esters is 1. The maximum atomic E-state index is 12.7. The van der Waals surface area contributed by atoms with Crippen molar-refractivity contribution in [3.63, 3.8) is 0 Å². The molecule has 0 unspecified atom stereocenters. The largest absolute Gasteiger partial charge is 0.492 e. The molecule has 6 nitrogen and oxygen atoms in total. The van der Waals surface area contributed by atoms with Gasteiger partial charge in [0, 0.05) is 31.7 Å². The summed E-state index contributed by atoms with van der Waals surface area (Å²) in [7, 11) is 1.34. The topological polar surface area (TPSA) is 59.1 Å². The summed E-state index contributed by atoms with van der Waals surface area (Å²) in [5.74, 6) is 0.443. The third-order valence-corrected chi connectivity index (χ3v) is 4.63. The second kappa shape index (κ2) is 8.58. The van der Waals surface area contributed by atoms with Crippen LogP contribution >= 0.6 is 0 Å². The zero-order valence-corrected chi connectivity index (χ0v) is 15.7. The molecule has 142 valence electrons. The van der Waals surface area contributed by atoms with Crippen molar-refractivity contribution in [1.29, 1.82) is 0 Å². The Morgan fingerprint density at radius 1 is 0.926 bits per heavy atom. The molecule has 2 aromatic rings. The molecule has 0 radical (unpaired) electrons. The van der Waals surface area contributed by atoms with Gasteiger partial charge in [0.2, 0.25) is 0 Å². The maximum absolute atomic E-state index is 12.7. The number of rotatable bonds is 5. The minimum atomic E-state index is -0.407. The third-order valence-electron chi connectivity index (χ3n) is 4.63. The second-order valence-corrected chi connectivity index (χ2v) is 6.25. The highest BCUT2D eigenvalue weighted by atomic mass is 16.5. The van der Waals surface area contributed by atoms with Gasteiger partial charge >= 0.3 is 5.97 Å². The van der Waals surface area contributed by atoms with E-state index in [2.05, 4.69) is 9.64 Å². The number of hydrogen-bond acceptors (Lipinski definition) is 5. The maximum Gasteiger partial charge on any atom is 0.337 e. The summed E-state index contributed by atoms with van der Waals surface area (Å²) < 4.78 is 10.4. The number of ether oxygens (including phenoxy) is 2. The molecule has 1 aliphatic heterocycles. The molecule has 27 heavy (non-hydrogen) atoms. The number of anilines is 1. The summed E-state index contributed by atoms with van der Waals surface area (Å²) in [6, 6.07) is 14.6. The Bertz CT molecular complexity index is 796. The first-order valence-electron chi connectivity index (χ1n) is 9.08. The van der Waals surface area contributed by atoms with Crippen LogP contribution in [0.2, 0.25) is 0 Å². The number of nitrogens with zero attached hydrogens (tertiary/aromatic N) is 2. The van der Waals surface area contributed by atoms with Gasteiger partial charge in [0.25, 0.3) is 5.91 Å². The predicted molar refractivity (Wildman–Crippen MR) is 104 cm³/mol. The van der Waals surface area contributed by atoms with Crippen molar-refractivity contribution in [2.75, 3.05) is 44.8 Å². The van der Waals surface area contributed by atoms with Gasteiger partial charge in [-0.15, -0.1) is 0 Å². The van der Waals surface area contributed by atoms with E-state index in [0.717, 1.165) is 24.5 Å². The number of amides is 1. The smallest absolute Gasteiger partial charge is 0.337 e. The van der Waals surface area contributed by atoms with Crippen molar-refractivity contribution in [2.45, 2.75) is 6.92 Å². The molecule has 3 rings (SSSR count). The summed E-state index contributed by atoms with van der Waals surface area (Å²) in [6.07, 6.45) is 0. The first-order chi connectivity index (χ1) is 13.1. The minimum absolute atomic E-state index is 0.0239. The highest BCUT2D eigenvalue weighted by Crippen LogP contribution is 2.29. The highest BCUT2D eigenvalue weighted by molar-refractivity contribution is 5.96. The van der Waals surface area contributed by atoms with Crippen LogP contribution in [0.5, 0.6) is 5.75 Å². The summed E-state index contributed by atoms with van der Waals surface area (Å²) in [5, 5.41) is 0. The summed E-state index contributed by atoms with van der Waals surface area (Å²) in [6.45, 7) is 5.36. The Kier molecular flexibility index (Phi) is 5.96. The van der Waals surface area contributed by atoms with Crippen molar-refractivity contribution < 1.29 is 19.1 Å². The molecule has 0 aliphatic carbocycles. The normalized spacial score (nSPS) is 14.0. The van der Waals surface area contributed by atoms with Crippen LogP contribution in [0, 0.1) is 0 Å². The SMILES string of the molecule is CCOc1ccccc1N1CCN(C(=O)c2ccc(C(=O)OC)cc2)CC1. The summed E-state index contributed by atoms with van der Waals surface area (Å²) >= 11 is 0. The first kappa shape index (κ1) is 18.8. The van der Waals surface area contributed by atoms with Gasteiger partial charge in [0.05, 0.1) is 25.0 Å². The van der Waals surface area contributed by atoms with Gasteiger partial charge in [-0.05, 0) is 43.3 Å². The number of para-hydroxylation sites is 2. The highest BCUT2D eigenvalue weighted by Gasteiger charge is 2.24. The molecule has 1 amide bonds. The van der Waals surface area contributed by atoms with Gasteiger partial charge in [-0.1, -0.05) is 12.1 Å². The van der Waals surface area contributed by atoms with E-state index in [4.69, 9.17) is 4.74 Å². The van der Waals surface area contributed by atoms with E-state index in [1.54, 1.807) is 24.3 Å². The van der Waals surface area contributed by atoms with Crippen LogP contribution in [-0.4, -0.2) is 56.7 Å². The van der Waals surface area contributed by atoms with Crippen molar-refractivity contribution in [2.24, 2.45) is 0 Å². The van der Waals surface area contributed by atoms with Gasteiger partial charge in [0.1, 0.15) is 5.75 Å². The minimum Gasteiger partial charge on any atom is -0.492 e. The van der Waals surface area contributed by atoms with Gasteiger partial charge in [0.15, 0.2) is 0 Å². The Morgan fingerprint density at radius 3 is 2.19 bits per heavy atom. The van der Waals surface area contributed by atoms with E-state index in [0.29, 0.717) is 30.8 Å². The number of piperazine rings is 1. The molecule has 0 saturated carbocycles. The Labute approximate surface area is 159 Å². The van der Waals surface area contributed by atoms with Crippen LogP contribution in [0.4, 0.5) is 5.69 Å². The molecular formula is C21H24N2O4. The van der Waals surface area contributed by atoms with Crippen LogP contribution in [0.1, 0.15) is 27.6 Å². The lowest BCUT2D eigenvalue weighted by molar-refractivity contribution is 0.0599. The first-order valence-corrected chi connectivity index (χ1v) is 9.08. The third kappa shape index (κ3) is 4.22. The summed E-state index contributed by atoms with van der Waals surface area (Å²) in [5.41, 5.74) is 2.08. The molecule has 6 heteroatoms. The summed E-state index contributed by atoms with van der Waals surface area (Å²) in [4.78, 5) is 28.3. The van der Waals surface area contributed by atoms with Crippen molar-refractivity contribution in [1.82, 2.24) is 4.90 Å². The Morgan fingerprint density at radius 2 is 1.56 bits per heavy atom. The lowest BCUT2D eigenvalue weighted by Gasteiger charge is -2.36. The fourth-order valence-corrected chi connectivity index (χ4v) is 3.20. The molecule has 2 aromatic carbocycles. The van der Waals surface area contributed by atoms with E-state index >= 15 is 0 Å². The van der Waals surface area contributed by atoms with Crippen molar-refractivity contribution in [3.05, 3.63) is 59.7 Å². The van der Waals surface area contributed by atoms with Gasteiger partial charge in [-0.25, -0.2) is 4.79 Å². The molecule has 0 atom stereocenters. The van der Waals surface area contributed by atoms with Crippen LogP contribution in [0.15, 0.2) is 48.5 Å². The Balaban J connectivity index is 1.64. The molecule has 1 heterocycles. The number of carbonyl (C=O) groups is 2. The molecule has 1 aliphatic rings. The number of carbonyl (C=O) groups excluding carboxylic acids is 2. The van der Waals surface area contributed by atoms with Gasteiger partial charge in [-0.2, -0.15) is 0 Å². The molecule has 0 spiro atoms. The van der Waals surface area contributed by atoms with E-state index in [1.165, 1.54) is 7.11 Å². The van der Waals surface area contributed by atoms with E-state index in [9.17, 15) is 9.59 Å². The van der Waals surface area contributed by atoms with Crippen molar-refractivity contribution in [3.8, 4) is 5.75 Å². The average Bonchev–Trinajstić information content (AvgIpc) is 2.73. The predicted octanol–water partition coefficient (Wildman–Crippen LogP) is 2.83. The fraction of sp³-hybridized carbons (Fsp3) is 0.333. The van der Waals surface area contributed by atoms with E-state index < -0.39 is 5.97 Å². The lowest BCUT2D eigenvalue weighted by atomic mass is 10.1. The zero-order chi connectivity index (χ0) is 19.2. The average molecular weight is 368 g/mol. The standard InChI is InChI=1S/C21H24N2O4/c1-3-27-19-7-5-4-6-18(19)22-12-14-23(15-13-22)20(24)16-8-10-17(11-9-16)21(25)26-2/h4-11H,3,12-15H2,1-2H3. The van der Waals surface area contributed by atoms with Crippen molar-refractivity contribution >= 4 is 17.6 Å². The monoisotopic (exact) mass is 368 g/mol. The molecular weight excluding hydrogens is 344 g/mol. The second-order valence-electron chi connectivity index (χ2n) is 6.25. The van der Waals surface area contributed by atoms with E-state index in [1.807, 2.05) is 36.1 Å². The lowest BCUT2D eigenvalue weighted by Crippen LogP contribution is -2.48. The van der Waals surface area contributed by atoms with Gasteiger partial charge < -0.3 is 19.3 Å². The molecule has 1 fully saturated rings. The zero-order valence-electron chi connectivity index (χ0n) is 15.7. The molecule has 0 N–H and O–H groups in total. The molecule has 0 aromatic heterocycles. The quantitative estimate of drug-likeness (QED) is 0.760. The Hall–Kier alpha value is -3.02. The molecule has 0 bridgehead atoms. The van der Waals surface area contributed by atoms with Gasteiger partial charge in [-0.3, -0.25) is 4.79 Å². The van der Waals surface area contributed by atoms with Crippen LogP contribution < -0.4 is 9.64 Å².